The van der Waals surface area contributed by atoms with Crippen molar-refractivity contribution in [2.24, 2.45) is 0 Å². The third-order valence-corrected chi connectivity index (χ3v) is 9.43. The van der Waals surface area contributed by atoms with Crippen LogP contribution >= 0.6 is 34.8 Å². The summed E-state index contributed by atoms with van der Waals surface area (Å²) in [6.45, 7) is 5.72. The van der Waals surface area contributed by atoms with Gasteiger partial charge in [-0.2, -0.15) is 0 Å². The van der Waals surface area contributed by atoms with Gasteiger partial charge in [-0.05, 0) is 73.9 Å². The second-order valence-electron chi connectivity index (χ2n) is 9.71. The Kier molecular flexibility index (Phi) is 13.0. The Morgan fingerprint density at radius 2 is 1.63 bits per heavy atom. The van der Waals surface area contributed by atoms with Crippen molar-refractivity contribution in [3.8, 4) is 5.75 Å². The molecule has 1 atom stereocenters. The van der Waals surface area contributed by atoms with Crippen LogP contribution in [0.25, 0.3) is 0 Å². The predicted octanol–water partition coefficient (Wildman–Crippen LogP) is 6.96. The number of rotatable bonds is 15. The van der Waals surface area contributed by atoms with Gasteiger partial charge in [-0.1, -0.05) is 73.3 Å². The van der Waals surface area contributed by atoms with Gasteiger partial charge in [0.05, 0.1) is 27.2 Å². The summed E-state index contributed by atoms with van der Waals surface area (Å²) >= 11 is 18.4. The molecule has 0 unspecified atom stereocenters. The molecule has 1 N–H and O–H groups in total. The zero-order chi connectivity index (χ0) is 31.6. The Morgan fingerprint density at radius 1 is 0.930 bits per heavy atom. The normalized spacial score (nSPS) is 12.0. The standard InChI is InChI=1S/C31H36Cl3N3O5S/c1-4-7-18-35-31(39)27(5-2)36(20-22-12-17-25(33)26(34)19-22)30(38)21-37(28-10-8-9-11-29(28)42-6-3)43(40,41)24-15-13-23(32)14-16-24/h8-17,19,27H,4-7,18,20-21H2,1-3H3,(H,35,39)/t27-/m1/s1. The minimum absolute atomic E-state index is 0.00261. The fraction of sp³-hybridized carbons (Fsp3) is 0.355. The van der Waals surface area contributed by atoms with E-state index in [2.05, 4.69) is 5.32 Å². The molecule has 43 heavy (non-hydrogen) atoms. The van der Waals surface area contributed by atoms with Gasteiger partial charge < -0.3 is 15.0 Å². The molecular formula is C31H36Cl3N3O5S. The van der Waals surface area contributed by atoms with Crippen molar-refractivity contribution in [2.75, 3.05) is 24.0 Å². The van der Waals surface area contributed by atoms with Crippen LogP contribution in [0.1, 0.15) is 45.6 Å². The molecular weight excluding hydrogens is 633 g/mol. The van der Waals surface area contributed by atoms with Gasteiger partial charge in [0.1, 0.15) is 18.3 Å². The minimum Gasteiger partial charge on any atom is -0.492 e. The first-order chi connectivity index (χ1) is 20.5. The Balaban J connectivity index is 2.10. The SMILES string of the molecule is CCCCNC(=O)[C@@H](CC)N(Cc1ccc(Cl)c(Cl)c1)C(=O)CN(c1ccccc1OCC)S(=O)(=O)c1ccc(Cl)cc1. The van der Waals surface area contributed by atoms with Crippen LogP contribution in [-0.4, -0.2) is 50.9 Å². The molecule has 0 aliphatic rings. The van der Waals surface area contributed by atoms with Crippen LogP contribution in [0.15, 0.2) is 71.6 Å². The van der Waals surface area contributed by atoms with E-state index >= 15 is 0 Å². The number of carbonyl (C=O) groups is 2. The number of anilines is 1. The number of halogens is 3. The molecule has 2 amide bonds. The van der Waals surface area contributed by atoms with Gasteiger partial charge in [0.15, 0.2) is 0 Å². The summed E-state index contributed by atoms with van der Waals surface area (Å²) in [6, 6.07) is 16.3. The van der Waals surface area contributed by atoms with Crippen molar-refractivity contribution in [1.29, 1.82) is 0 Å². The molecule has 0 saturated heterocycles. The van der Waals surface area contributed by atoms with E-state index < -0.39 is 28.5 Å². The zero-order valence-corrected chi connectivity index (χ0v) is 27.4. The first-order valence-electron chi connectivity index (χ1n) is 14.0. The lowest BCUT2D eigenvalue weighted by Gasteiger charge is -2.33. The highest BCUT2D eigenvalue weighted by Crippen LogP contribution is 2.33. The molecule has 0 heterocycles. The van der Waals surface area contributed by atoms with Crippen LogP contribution < -0.4 is 14.4 Å². The number of unbranched alkanes of at least 4 members (excludes halogenated alkanes) is 1. The molecule has 0 aliphatic heterocycles. The molecule has 8 nitrogen and oxygen atoms in total. The van der Waals surface area contributed by atoms with Crippen LogP contribution in [0.5, 0.6) is 5.75 Å². The average Bonchev–Trinajstić information content (AvgIpc) is 2.98. The van der Waals surface area contributed by atoms with Crippen molar-refractivity contribution < 1.29 is 22.7 Å². The van der Waals surface area contributed by atoms with E-state index in [4.69, 9.17) is 39.5 Å². The van der Waals surface area contributed by atoms with E-state index in [0.717, 1.165) is 17.1 Å². The lowest BCUT2D eigenvalue weighted by molar-refractivity contribution is -0.140. The molecule has 0 radical (unpaired) electrons. The van der Waals surface area contributed by atoms with E-state index in [1.165, 1.54) is 29.2 Å². The number of hydrogen-bond donors (Lipinski definition) is 1. The molecule has 0 saturated carbocycles. The number of carbonyl (C=O) groups excluding carboxylic acids is 2. The Bertz CT molecular complexity index is 1500. The van der Waals surface area contributed by atoms with Crippen LogP contribution in [0.2, 0.25) is 15.1 Å². The summed E-state index contributed by atoms with van der Waals surface area (Å²) in [5.41, 5.74) is 0.812. The summed E-state index contributed by atoms with van der Waals surface area (Å²) in [4.78, 5) is 28.9. The molecule has 0 aliphatic carbocycles. The van der Waals surface area contributed by atoms with Crippen molar-refractivity contribution in [3.63, 3.8) is 0 Å². The second kappa shape index (κ2) is 16.2. The molecule has 0 spiro atoms. The average molecular weight is 669 g/mol. The van der Waals surface area contributed by atoms with Crippen LogP contribution in [0.4, 0.5) is 5.69 Å². The van der Waals surface area contributed by atoms with E-state index in [1.807, 2.05) is 6.92 Å². The van der Waals surface area contributed by atoms with Crippen molar-refractivity contribution in [1.82, 2.24) is 10.2 Å². The molecule has 3 rings (SSSR count). The highest BCUT2D eigenvalue weighted by atomic mass is 35.5. The fourth-order valence-electron chi connectivity index (χ4n) is 4.45. The van der Waals surface area contributed by atoms with E-state index in [1.54, 1.807) is 56.3 Å². The number of amides is 2. The summed E-state index contributed by atoms with van der Waals surface area (Å²) < 4.78 is 34.9. The number of ether oxygens (including phenoxy) is 1. The smallest absolute Gasteiger partial charge is 0.264 e. The molecule has 0 bridgehead atoms. The highest BCUT2D eigenvalue weighted by Gasteiger charge is 2.34. The molecule has 12 heteroatoms. The maximum absolute atomic E-state index is 14.2. The monoisotopic (exact) mass is 667 g/mol. The van der Waals surface area contributed by atoms with Crippen molar-refractivity contribution in [2.45, 2.75) is 57.5 Å². The summed E-state index contributed by atoms with van der Waals surface area (Å²) in [7, 11) is -4.29. The number of hydrogen-bond acceptors (Lipinski definition) is 5. The van der Waals surface area contributed by atoms with E-state index in [0.29, 0.717) is 33.6 Å². The van der Waals surface area contributed by atoms with Gasteiger partial charge >= 0.3 is 0 Å². The Labute approximate surface area is 268 Å². The van der Waals surface area contributed by atoms with Gasteiger partial charge in [-0.3, -0.25) is 13.9 Å². The largest absolute Gasteiger partial charge is 0.492 e. The maximum atomic E-state index is 14.2. The summed E-state index contributed by atoms with van der Waals surface area (Å²) in [5, 5.41) is 3.91. The van der Waals surface area contributed by atoms with Crippen molar-refractivity contribution in [3.05, 3.63) is 87.4 Å². The fourth-order valence-corrected chi connectivity index (χ4v) is 6.32. The van der Waals surface area contributed by atoms with Gasteiger partial charge in [-0.25, -0.2) is 8.42 Å². The van der Waals surface area contributed by atoms with Crippen LogP contribution in [0, 0.1) is 0 Å². The molecule has 0 fully saturated rings. The first-order valence-corrected chi connectivity index (χ1v) is 16.6. The van der Waals surface area contributed by atoms with Gasteiger partial charge in [0, 0.05) is 18.1 Å². The maximum Gasteiger partial charge on any atom is 0.264 e. The zero-order valence-electron chi connectivity index (χ0n) is 24.4. The van der Waals surface area contributed by atoms with E-state index in [-0.39, 0.29) is 35.4 Å². The van der Waals surface area contributed by atoms with E-state index in [9.17, 15) is 18.0 Å². The lowest BCUT2D eigenvalue weighted by atomic mass is 10.1. The van der Waals surface area contributed by atoms with Crippen LogP contribution in [0.3, 0.4) is 0 Å². The Morgan fingerprint density at radius 3 is 2.26 bits per heavy atom. The Hall–Kier alpha value is -2.98. The van der Waals surface area contributed by atoms with Gasteiger partial charge in [0.2, 0.25) is 11.8 Å². The molecule has 0 aromatic heterocycles. The lowest BCUT2D eigenvalue weighted by Crippen LogP contribution is -2.52. The first kappa shape index (κ1) is 34.5. The minimum atomic E-state index is -4.29. The predicted molar refractivity (Wildman–Crippen MR) is 173 cm³/mol. The number of nitrogens with zero attached hydrogens (tertiary/aromatic N) is 2. The van der Waals surface area contributed by atoms with Gasteiger partial charge in [-0.15, -0.1) is 0 Å². The number of nitrogens with one attached hydrogen (secondary N) is 1. The number of para-hydroxylation sites is 2. The topological polar surface area (TPSA) is 96.0 Å². The molecule has 3 aromatic rings. The number of sulfonamides is 1. The summed E-state index contributed by atoms with van der Waals surface area (Å²) in [6.07, 6.45) is 1.97. The quantitative estimate of drug-likeness (QED) is 0.177. The molecule has 232 valence electrons. The third kappa shape index (κ3) is 9.01. The van der Waals surface area contributed by atoms with Crippen LogP contribution in [-0.2, 0) is 26.2 Å². The third-order valence-electron chi connectivity index (χ3n) is 6.67. The van der Waals surface area contributed by atoms with Gasteiger partial charge in [0.25, 0.3) is 10.0 Å². The summed E-state index contributed by atoms with van der Waals surface area (Å²) in [5.74, 6) is -0.630. The second-order valence-corrected chi connectivity index (χ2v) is 12.8. The number of benzene rings is 3. The highest BCUT2D eigenvalue weighted by molar-refractivity contribution is 7.92. The molecule has 3 aromatic carbocycles. The van der Waals surface area contributed by atoms with Crippen molar-refractivity contribution >= 4 is 62.3 Å².